The van der Waals surface area contributed by atoms with Gasteiger partial charge >= 0.3 is 0 Å². The van der Waals surface area contributed by atoms with Crippen LogP contribution in [0.15, 0.2) is 0 Å². The minimum Gasteiger partial charge on any atom is -0.340 e. The minimum absolute atomic E-state index is 0.275. The number of nitrogens with zero attached hydrogens (tertiary/aromatic N) is 1. The molecule has 1 fully saturated rings. The van der Waals surface area contributed by atoms with E-state index in [4.69, 9.17) is 0 Å². The molecule has 1 heterocycles. The van der Waals surface area contributed by atoms with Gasteiger partial charge in [-0.3, -0.25) is 4.79 Å². The van der Waals surface area contributed by atoms with Crippen molar-refractivity contribution < 1.29 is 4.79 Å². The van der Waals surface area contributed by atoms with Crippen LogP contribution in [0, 0.1) is 5.92 Å². The Morgan fingerprint density at radius 3 is 2.50 bits per heavy atom. The molecule has 1 N–H and O–H groups in total. The Morgan fingerprint density at radius 2 is 2.17 bits per heavy atom. The van der Waals surface area contributed by atoms with Gasteiger partial charge in [-0.2, -0.15) is 0 Å². The third kappa shape index (κ3) is 2.21. The molecular weight excluding hydrogens is 152 g/mol. The maximum absolute atomic E-state index is 11.5. The lowest BCUT2D eigenvalue weighted by Crippen LogP contribution is -2.57. The van der Waals surface area contributed by atoms with Gasteiger partial charge in [0.15, 0.2) is 0 Å². The molecule has 0 aromatic carbocycles. The van der Waals surface area contributed by atoms with Crippen molar-refractivity contribution in [2.45, 2.75) is 26.3 Å². The predicted molar refractivity (Wildman–Crippen MR) is 48.9 cm³/mol. The van der Waals surface area contributed by atoms with Crippen LogP contribution in [0.1, 0.15) is 20.3 Å². The molecule has 1 amide bonds. The molecule has 1 aliphatic rings. The van der Waals surface area contributed by atoms with Gasteiger partial charge in [0.25, 0.3) is 0 Å². The number of likely N-dealkylation sites (N-methyl/N-ethyl adjacent to an activating group) is 1. The van der Waals surface area contributed by atoms with Crippen LogP contribution in [-0.4, -0.2) is 37.0 Å². The smallest absolute Gasteiger partial charge is 0.222 e. The van der Waals surface area contributed by atoms with E-state index >= 15 is 0 Å². The van der Waals surface area contributed by atoms with E-state index in [9.17, 15) is 4.79 Å². The van der Waals surface area contributed by atoms with Crippen LogP contribution in [0.5, 0.6) is 0 Å². The van der Waals surface area contributed by atoms with Crippen LogP contribution in [0.2, 0.25) is 0 Å². The summed E-state index contributed by atoms with van der Waals surface area (Å²) >= 11 is 0. The fourth-order valence-corrected chi connectivity index (χ4v) is 1.24. The summed E-state index contributed by atoms with van der Waals surface area (Å²) in [4.78, 5) is 13.4. The predicted octanol–water partition coefficient (Wildman–Crippen LogP) is 0.463. The van der Waals surface area contributed by atoms with Crippen molar-refractivity contribution in [2.24, 2.45) is 5.92 Å². The normalized spacial score (nSPS) is 17.7. The number of amides is 1. The molecule has 12 heavy (non-hydrogen) atoms. The summed E-state index contributed by atoms with van der Waals surface area (Å²) in [5.74, 6) is 0.740. The summed E-state index contributed by atoms with van der Waals surface area (Å²) in [5, 5.41) is 3.16. The Labute approximate surface area is 74.1 Å². The van der Waals surface area contributed by atoms with E-state index in [0.29, 0.717) is 18.4 Å². The average Bonchev–Trinajstić information content (AvgIpc) is 1.81. The molecule has 0 spiro atoms. The Balaban J connectivity index is 2.30. The van der Waals surface area contributed by atoms with E-state index < -0.39 is 0 Å². The van der Waals surface area contributed by atoms with E-state index in [1.54, 1.807) is 0 Å². The van der Waals surface area contributed by atoms with E-state index in [0.717, 1.165) is 13.1 Å². The summed E-state index contributed by atoms with van der Waals surface area (Å²) in [7, 11) is 1.90. The topological polar surface area (TPSA) is 32.3 Å². The van der Waals surface area contributed by atoms with Crippen LogP contribution < -0.4 is 5.32 Å². The highest BCUT2D eigenvalue weighted by atomic mass is 16.2. The largest absolute Gasteiger partial charge is 0.340 e. The Kier molecular flexibility index (Phi) is 3.09. The highest BCUT2D eigenvalue weighted by Crippen LogP contribution is 2.08. The lowest BCUT2D eigenvalue weighted by Gasteiger charge is -2.36. The lowest BCUT2D eigenvalue weighted by atomic mass is 10.1. The number of rotatable bonds is 3. The van der Waals surface area contributed by atoms with Gasteiger partial charge < -0.3 is 10.2 Å². The standard InChI is InChI=1S/C9H18N2O/c1-7(2)4-9(12)11(3)8-5-10-6-8/h7-8,10H,4-6H2,1-3H3. The van der Waals surface area contributed by atoms with E-state index in [1.165, 1.54) is 0 Å². The third-order valence-electron chi connectivity index (χ3n) is 2.28. The third-order valence-corrected chi connectivity index (χ3v) is 2.28. The van der Waals surface area contributed by atoms with Crippen molar-refractivity contribution in [3.63, 3.8) is 0 Å². The molecule has 3 nitrogen and oxygen atoms in total. The fraction of sp³-hybridized carbons (Fsp3) is 0.889. The van der Waals surface area contributed by atoms with E-state index in [2.05, 4.69) is 19.2 Å². The second-order valence-electron chi connectivity index (χ2n) is 3.91. The van der Waals surface area contributed by atoms with Crippen molar-refractivity contribution in [3.8, 4) is 0 Å². The molecule has 0 unspecified atom stereocenters. The Morgan fingerprint density at radius 1 is 1.58 bits per heavy atom. The van der Waals surface area contributed by atoms with Crippen molar-refractivity contribution in [3.05, 3.63) is 0 Å². The molecular formula is C9H18N2O. The minimum atomic E-state index is 0.275. The zero-order chi connectivity index (χ0) is 9.14. The average molecular weight is 170 g/mol. The van der Waals surface area contributed by atoms with Crippen molar-refractivity contribution in [1.29, 1.82) is 0 Å². The summed E-state index contributed by atoms with van der Waals surface area (Å²) < 4.78 is 0. The Bertz CT molecular complexity index is 164. The number of nitrogens with one attached hydrogen (secondary N) is 1. The number of carbonyl (C=O) groups excluding carboxylic acids is 1. The van der Waals surface area contributed by atoms with Gasteiger partial charge in [0, 0.05) is 26.6 Å². The molecule has 1 rings (SSSR count). The quantitative estimate of drug-likeness (QED) is 0.667. The molecule has 0 aliphatic carbocycles. The first-order valence-corrected chi connectivity index (χ1v) is 4.57. The molecule has 70 valence electrons. The van der Waals surface area contributed by atoms with Crippen LogP contribution in [0.4, 0.5) is 0 Å². The molecule has 1 saturated heterocycles. The number of hydrogen-bond donors (Lipinski definition) is 1. The highest BCUT2D eigenvalue weighted by Gasteiger charge is 2.25. The second-order valence-corrected chi connectivity index (χ2v) is 3.91. The molecule has 3 heteroatoms. The molecule has 1 aliphatic heterocycles. The lowest BCUT2D eigenvalue weighted by molar-refractivity contribution is -0.133. The molecule has 0 saturated carbocycles. The van der Waals surface area contributed by atoms with Crippen molar-refractivity contribution in [2.75, 3.05) is 20.1 Å². The van der Waals surface area contributed by atoms with E-state index in [-0.39, 0.29) is 5.91 Å². The van der Waals surface area contributed by atoms with Crippen LogP contribution in [0.3, 0.4) is 0 Å². The molecule has 0 aromatic rings. The van der Waals surface area contributed by atoms with Gasteiger partial charge in [-0.25, -0.2) is 0 Å². The van der Waals surface area contributed by atoms with Gasteiger partial charge in [0.05, 0.1) is 6.04 Å². The molecule has 0 atom stereocenters. The monoisotopic (exact) mass is 170 g/mol. The first-order chi connectivity index (χ1) is 5.61. The second kappa shape index (κ2) is 3.90. The molecule has 0 aromatic heterocycles. The summed E-state index contributed by atoms with van der Waals surface area (Å²) in [6.45, 7) is 6.07. The fourth-order valence-electron chi connectivity index (χ4n) is 1.24. The summed E-state index contributed by atoms with van der Waals surface area (Å²) in [5.41, 5.74) is 0. The maximum atomic E-state index is 11.5. The zero-order valence-corrected chi connectivity index (χ0v) is 8.13. The van der Waals surface area contributed by atoms with Gasteiger partial charge in [-0.1, -0.05) is 13.8 Å². The summed E-state index contributed by atoms with van der Waals surface area (Å²) in [6.07, 6.45) is 0.674. The molecule has 0 bridgehead atoms. The first-order valence-electron chi connectivity index (χ1n) is 4.57. The SMILES string of the molecule is CC(C)CC(=O)N(C)C1CNC1. The number of carbonyl (C=O) groups is 1. The highest BCUT2D eigenvalue weighted by molar-refractivity contribution is 5.76. The van der Waals surface area contributed by atoms with Gasteiger partial charge in [-0.05, 0) is 5.92 Å². The van der Waals surface area contributed by atoms with Gasteiger partial charge in [-0.15, -0.1) is 0 Å². The van der Waals surface area contributed by atoms with E-state index in [1.807, 2.05) is 11.9 Å². The molecule has 0 radical (unpaired) electrons. The van der Waals surface area contributed by atoms with Crippen LogP contribution in [-0.2, 0) is 4.79 Å². The van der Waals surface area contributed by atoms with Crippen molar-refractivity contribution >= 4 is 5.91 Å². The Hall–Kier alpha value is -0.570. The first kappa shape index (κ1) is 9.52. The maximum Gasteiger partial charge on any atom is 0.222 e. The van der Waals surface area contributed by atoms with Gasteiger partial charge in [0.1, 0.15) is 0 Å². The zero-order valence-electron chi connectivity index (χ0n) is 8.13. The number of hydrogen-bond acceptors (Lipinski definition) is 2. The van der Waals surface area contributed by atoms with Gasteiger partial charge in [0.2, 0.25) is 5.91 Å². The van der Waals surface area contributed by atoms with Crippen LogP contribution >= 0.6 is 0 Å². The summed E-state index contributed by atoms with van der Waals surface area (Å²) in [6, 6.07) is 0.441. The van der Waals surface area contributed by atoms with Crippen LogP contribution in [0.25, 0.3) is 0 Å². The van der Waals surface area contributed by atoms with Crippen molar-refractivity contribution in [1.82, 2.24) is 10.2 Å².